The molecule has 79 heavy (non-hydrogen) atoms. The molecular formula is C78H15N. The highest BCUT2D eigenvalue weighted by atomic mass is 15.1. The minimum absolute atomic E-state index is 0.00779. The van der Waals surface area contributed by atoms with E-state index in [1.165, 1.54) is 21.9 Å². The quantitative estimate of drug-likeness (QED) is 0.170. The van der Waals surface area contributed by atoms with Gasteiger partial charge in [0.05, 0.1) is 10.8 Å². The van der Waals surface area contributed by atoms with E-state index in [9.17, 15) is 0 Å². The normalized spacial score (nSPS) is 23.2. The molecule has 5 aliphatic rings. The molecule has 31 aromatic rings. The average Bonchev–Trinajstić information content (AvgIpc) is 1.41. The molecule has 1 N–H and O–H groups in total. The smallest absolute Gasteiger partial charge is 0.0579 e. The second kappa shape index (κ2) is 7.21. The average molecular weight is 966 g/mol. The molecule has 4 aliphatic carbocycles. The first kappa shape index (κ1) is 30.3. The van der Waals surface area contributed by atoms with Crippen LogP contribution in [-0.2, 0) is 10.8 Å². The van der Waals surface area contributed by atoms with Crippen LogP contribution >= 0.6 is 0 Å². The third-order valence-corrected chi connectivity index (χ3v) is 27.9. The van der Waals surface area contributed by atoms with Crippen LogP contribution in [0.3, 0.4) is 0 Å². The maximum Gasteiger partial charge on any atom is 0.0579 e. The van der Waals surface area contributed by atoms with Gasteiger partial charge in [0.1, 0.15) is 0 Å². The summed E-state index contributed by atoms with van der Waals surface area (Å²) in [6, 6.07) is 29.0. The van der Waals surface area contributed by atoms with E-state index in [1.807, 2.05) is 0 Å². The number of hydrogen-bond donors (Lipinski definition) is 1. The Kier molecular flexibility index (Phi) is 2.77. The molecule has 2 spiro atoms. The molecule has 1 heterocycles. The molecule has 2 atom stereocenters. The standard InChI is InChI=1S/C78H15N/c1-2-8-14(9-3-1)75-77-71-63-55-45-35-27-19-17-18-21-25-23(19)31-39-33(25)43-37-29(21)30-22(18)26-24-20(17)28(27)36-42-32(24)40-34(26)44-38(30)48-47(37)57-51(43)61-53(39)59(49(55)41(31)35)65(71)69(61)73-67(57)68-58(48)52(44)62-54(40)60-50(42)56(46(36)45)64(63)72(77)66(60)70(62)74(68)78(73,77)76(79-75)16-12-6-10-13-7-4-5-11-15(13)16/h1-12,75-76,79H. The van der Waals surface area contributed by atoms with Crippen molar-refractivity contribution in [3.63, 3.8) is 0 Å². The van der Waals surface area contributed by atoms with Crippen molar-refractivity contribution in [3.8, 4) is 0 Å². The lowest BCUT2D eigenvalue weighted by Crippen LogP contribution is -2.52. The zero-order valence-corrected chi connectivity index (χ0v) is 40.6. The van der Waals surface area contributed by atoms with Crippen molar-refractivity contribution >= 4 is 302 Å². The summed E-state index contributed by atoms with van der Waals surface area (Å²) in [6.07, 6.45) is 0. The molecule has 0 radical (unpaired) electrons. The van der Waals surface area contributed by atoms with E-state index in [4.69, 9.17) is 5.32 Å². The summed E-state index contributed by atoms with van der Waals surface area (Å²) in [4.78, 5) is 0. The molecule has 0 aromatic heterocycles. The van der Waals surface area contributed by atoms with Crippen molar-refractivity contribution in [1.82, 2.24) is 5.32 Å². The summed E-state index contributed by atoms with van der Waals surface area (Å²) in [7, 11) is 0. The van der Waals surface area contributed by atoms with E-state index in [2.05, 4.69) is 72.8 Å². The van der Waals surface area contributed by atoms with Gasteiger partial charge in [-0.05, 0) is 335 Å². The Bertz CT molecular complexity index is 7930. The summed E-state index contributed by atoms with van der Waals surface area (Å²) >= 11 is 0. The Morgan fingerprint density at radius 2 is 0.430 bits per heavy atom. The molecule has 1 aliphatic heterocycles. The number of fused-ring (bicyclic) bond motifs is 1. The number of benzene rings is 21. The summed E-state index contributed by atoms with van der Waals surface area (Å²) in [5, 5.41) is 97.1. The van der Waals surface area contributed by atoms with Gasteiger partial charge in [0, 0.05) is 12.1 Å². The monoisotopic (exact) mass is 965 g/mol. The largest absolute Gasteiger partial charge is 0.301 e. The minimum atomic E-state index is -0.469. The van der Waals surface area contributed by atoms with Gasteiger partial charge in [0.25, 0.3) is 0 Å². The van der Waals surface area contributed by atoms with E-state index < -0.39 is 10.8 Å². The molecule has 0 saturated carbocycles. The second-order valence-corrected chi connectivity index (χ2v) is 28.4. The third kappa shape index (κ3) is 1.74. The lowest BCUT2D eigenvalue weighted by atomic mass is 9.45. The van der Waals surface area contributed by atoms with Crippen LogP contribution < -0.4 is 5.32 Å². The van der Waals surface area contributed by atoms with E-state index in [1.54, 1.807) is 313 Å². The summed E-state index contributed by atoms with van der Waals surface area (Å²) in [6.45, 7) is 0. The van der Waals surface area contributed by atoms with Gasteiger partial charge >= 0.3 is 0 Å². The van der Waals surface area contributed by atoms with Crippen molar-refractivity contribution in [3.05, 3.63) is 106 Å². The summed E-state index contributed by atoms with van der Waals surface area (Å²) < 4.78 is 0. The lowest BCUT2D eigenvalue weighted by Gasteiger charge is -2.53. The van der Waals surface area contributed by atoms with Crippen LogP contribution in [0.15, 0.2) is 72.8 Å². The fraction of sp³-hybridized carbons (Fsp3) is 0.0513. The molecule has 0 bridgehead atoms. The Hall–Kier alpha value is -9.66. The van der Waals surface area contributed by atoms with Gasteiger partial charge in [-0.25, -0.2) is 0 Å². The van der Waals surface area contributed by atoms with Crippen LogP contribution in [0.2, 0.25) is 0 Å². The fourth-order valence-corrected chi connectivity index (χ4v) is 27.6. The van der Waals surface area contributed by atoms with Crippen LogP contribution in [0, 0.1) is 0 Å². The van der Waals surface area contributed by atoms with Crippen LogP contribution in [0.4, 0.5) is 0 Å². The van der Waals surface area contributed by atoms with Gasteiger partial charge in [0.15, 0.2) is 0 Å². The van der Waals surface area contributed by atoms with Gasteiger partial charge < -0.3 is 5.32 Å². The number of hydrogen-bond acceptors (Lipinski definition) is 1. The van der Waals surface area contributed by atoms with E-state index in [0.29, 0.717) is 0 Å². The molecule has 0 amide bonds. The second-order valence-electron chi connectivity index (χ2n) is 28.4. The van der Waals surface area contributed by atoms with Gasteiger partial charge in [-0.3, -0.25) is 0 Å². The number of rotatable bonds is 2. The highest BCUT2D eigenvalue weighted by molar-refractivity contribution is 6.82. The maximum absolute atomic E-state index is 4.99. The van der Waals surface area contributed by atoms with Crippen LogP contribution in [0.1, 0.15) is 45.5 Å². The molecule has 332 valence electrons. The Balaban J connectivity index is 1.08. The Morgan fingerprint density at radius 1 is 0.203 bits per heavy atom. The predicted molar refractivity (Wildman–Crippen MR) is 333 cm³/mol. The Labute approximate surface area is 433 Å². The zero-order chi connectivity index (χ0) is 47.1. The van der Waals surface area contributed by atoms with Crippen molar-refractivity contribution in [2.24, 2.45) is 0 Å². The van der Waals surface area contributed by atoms with Crippen molar-refractivity contribution < 1.29 is 0 Å². The molecule has 1 nitrogen and oxygen atoms in total. The van der Waals surface area contributed by atoms with E-state index >= 15 is 0 Å². The first-order valence-corrected chi connectivity index (χ1v) is 29.5. The first-order chi connectivity index (χ1) is 39.4. The maximum atomic E-state index is 4.99. The van der Waals surface area contributed by atoms with E-state index in [0.717, 1.165) is 0 Å². The van der Waals surface area contributed by atoms with Gasteiger partial charge in [-0.15, -0.1) is 0 Å². The summed E-state index contributed by atoms with van der Waals surface area (Å²) in [5.41, 5.74) is 8.91. The number of nitrogens with one attached hydrogen (secondary N) is 1. The van der Waals surface area contributed by atoms with Crippen LogP contribution in [0.25, 0.3) is 302 Å². The summed E-state index contributed by atoms with van der Waals surface area (Å²) in [5.74, 6) is 0. The van der Waals surface area contributed by atoms with Gasteiger partial charge in [-0.2, -0.15) is 0 Å². The van der Waals surface area contributed by atoms with Crippen molar-refractivity contribution in [1.29, 1.82) is 0 Å². The van der Waals surface area contributed by atoms with Gasteiger partial charge in [0.2, 0.25) is 0 Å². The first-order valence-electron chi connectivity index (χ1n) is 29.5. The SMILES string of the molecule is c1ccc(C2NC(c3cccc4ccccc34)C34c5c6c7c8c9c%10c(c%11c%12c3c3c5c5c%13c6c6c7c7c9c9c%14c%10c%10c%11c%11c%12c%12c3c3c5c5c%13c%13c6c6c7c9c7c9c%14c%10c%10c%11c%11c%12c3c3c5c5c%13c6c7c6c9c%10c%11c3c56)C824)cc1. The topological polar surface area (TPSA) is 12.0 Å². The third-order valence-electron chi connectivity index (χ3n) is 27.9. The molecule has 2 unspecified atom stereocenters. The van der Waals surface area contributed by atoms with Crippen molar-refractivity contribution in [2.75, 3.05) is 0 Å². The van der Waals surface area contributed by atoms with E-state index in [-0.39, 0.29) is 12.1 Å². The van der Waals surface area contributed by atoms with Gasteiger partial charge in [-0.1, -0.05) is 72.8 Å². The predicted octanol–water partition coefficient (Wildman–Crippen LogP) is 20.5. The van der Waals surface area contributed by atoms with Crippen molar-refractivity contribution in [2.45, 2.75) is 22.9 Å². The molecule has 1 saturated heterocycles. The Morgan fingerprint density at radius 3 is 0.722 bits per heavy atom. The molecular weight excluding hydrogens is 951 g/mol. The van der Waals surface area contributed by atoms with Crippen LogP contribution in [0.5, 0.6) is 0 Å². The fourth-order valence-electron chi connectivity index (χ4n) is 27.6. The highest BCUT2D eigenvalue weighted by Gasteiger charge is 2.77. The minimum Gasteiger partial charge on any atom is -0.301 e. The van der Waals surface area contributed by atoms with Crippen LogP contribution in [-0.4, -0.2) is 0 Å². The lowest BCUT2D eigenvalue weighted by molar-refractivity contribution is 0.334. The molecule has 1 heteroatoms. The highest BCUT2D eigenvalue weighted by Crippen LogP contribution is 2.88. The molecule has 31 aromatic carbocycles. The molecule has 1 fully saturated rings. The zero-order valence-electron chi connectivity index (χ0n) is 40.6. The molecule has 36 rings (SSSR count).